The van der Waals surface area contributed by atoms with Crippen LogP contribution in [-0.2, 0) is 9.47 Å². The number of alkyl carbamates (subject to hydrolysis) is 2. The van der Waals surface area contributed by atoms with E-state index in [9.17, 15) is 9.59 Å². The van der Waals surface area contributed by atoms with Gasteiger partial charge in [-0.2, -0.15) is 0 Å². The average Bonchev–Trinajstić information content (AvgIpc) is 3.08. The lowest BCUT2D eigenvalue weighted by molar-refractivity contribution is 0.0416. The first-order valence-corrected chi connectivity index (χ1v) is 19.0. The molecule has 0 aliphatic carbocycles. The molecule has 8 heteroatoms. The van der Waals surface area contributed by atoms with E-state index in [4.69, 9.17) is 9.47 Å². The SMILES string of the molecule is CC(C)(C)OC(=O)NCC1CN(C(c2ccccc2)c2ccccc2)C1.CC(C)(C)OC(=O)NCCC1CN(C(c2ccccc2)c2ccccc2)C1. The number of hydrogen-bond acceptors (Lipinski definition) is 6. The quantitative estimate of drug-likeness (QED) is 0.161. The van der Waals surface area contributed by atoms with Gasteiger partial charge in [-0.05, 0) is 76.1 Å². The van der Waals surface area contributed by atoms with Crippen molar-refractivity contribution < 1.29 is 19.1 Å². The van der Waals surface area contributed by atoms with E-state index >= 15 is 0 Å². The van der Waals surface area contributed by atoms with E-state index in [0.717, 1.165) is 32.6 Å². The molecular weight excluding hydrogens is 661 g/mol. The van der Waals surface area contributed by atoms with E-state index in [-0.39, 0.29) is 18.2 Å². The van der Waals surface area contributed by atoms with Crippen LogP contribution in [0.15, 0.2) is 121 Å². The van der Waals surface area contributed by atoms with Gasteiger partial charge < -0.3 is 20.1 Å². The highest BCUT2D eigenvalue weighted by Gasteiger charge is 2.35. The van der Waals surface area contributed by atoms with Crippen LogP contribution in [0.3, 0.4) is 0 Å². The molecule has 0 atom stereocenters. The number of amides is 2. The molecule has 2 heterocycles. The van der Waals surface area contributed by atoms with Crippen molar-refractivity contribution in [1.29, 1.82) is 0 Å². The highest BCUT2D eigenvalue weighted by Crippen LogP contribution is 2.36. The van der Waals surface area contributed by atoms with Crippen molar-refractivity contribution in [3.8, 4) is 0 Å². The van der Waals surface area contributed by atoms with Gasteiger partial charge in [-0.3, -0.25) is 9.80 Å². The first-order chi connectivity index (χ1) is 25.3. The molecule has 2 aliphatic heterocycles. The second-order valence-electron chi connectivity index (χ2n) is 16.2. The fourth-order valence-electron chi connectivity index (χ4n) is 6.96. The second-order valence-corrected chi connectivity index (χ2v) is 16.2. The van der Waals surface area contributed by atoms with Crippen molar-refractivity contribution in [2.24, 2.45) is 11.8 Å². The fourth-order valence-corrected chi connectivity index (χ4v) is 6.96. The molecule has 2 amide bonds. The minimum absolute atomic E-state index is 0.259. The van der Waals surface area contributed by atoms with Gasteiger partial charge in [0.1, 0.15) is 11.2 Å². The molecular formula is C45H58N4O4. The number of carbonyl (C=O) groups is 2. The zero-order valence-corrected chi connectivity index (χ0v) is 32.3. The van der Waals surface area contributed by atoms with Gasteiger partial charge in [-0.25, -0.2) is 9.59 Å². The van der Waals surface area contributed by atoms with Gasteiger partial charge in [0.05, 0.1) is 12.1 Å². The van der Waals surface area contributed by atoms with E-state index in [1.54, 1.807) is 0 Å². The minimum Gasteiger partial charge on any atom is -0.444 e. The molecule has 0 unspecified atom stereocenters. The Hall–Kier alpha value is -4.66. The zero-order valence-electron chi connectivity index (χ0n) is 32.3. The van der Waals surface area contributed by atoms with Gasteiger partial charge in [0.15, 0.2) is 0 Å². The summed E-state index contributed by atoms with van der Waals surface area (Å²) < 4.78 is 10.6. The normalized spacial score (nSPS) is 15.5. The highest BCUT2D eigenvalue weighted by molar-refractivity contribution is 5.68. The van der Waals surface area contributed by atoms with Gasteiger partial charge >= 0.3 is 12.2 Å². The van der Waals surface area contributed by atoms with Gasteiger partial charge in [0.2, 0.25) is 0 Å². The third-order valence-corrected chi connectivity index (χ3v) is 9.32. The highest BCUT2D eigenvalue weighted by atomic mass is 16.6. The predicted molar refractivity (Wildman–Crippen MR) is 213 cm³/mol. The molecule has 0 aromatic heterocycles. The maximum atomic E-state index is 11.8. The van der Waals surface area contributed by atoms with Crippen LogP contribution in [0.2, 0.25) is 0 Å². The molecule has 6 rings (SSSR count). The van der Waals surface area contributed by atoms with Crippen molar-refractivity contribution in [2.75, 3.05) is 39.3 Å². The van der Waals surface area contributed by atoms with Gasteiger partial charge in [-0.15, -0.1) is 0 Å². The number of hydrogen-bond donors (Lipinski definition) is 2. The summed E-state index contributed by atoms with van der Waals surface area (Å²) in [6, 6.07) is 43.1. The summed E-state index contributed by atoms with van der Waals surface area (Å²) in [5.74, 6) is 1.06. The Morgan fingerprint density at radius 2 is 0.868 bits per heavy atom. The summed E-state index contributed by atoms with van der Waals surface area (Å²) in [7, 11) is 0. The smallest absolute Gasteiger partial charge is 0.407 e. The lowest BCUT2D eigenvalue weighted by Crippen LogP contribution is -2.53. The number of likely N-dealkylation sites (tertiary alicyclic amines) is 2. The molecule has 2 saturated heterocycles. The first-order valence-electron chi connectivity index (χ1n) is 19.0. The summed E-state index contributed by atoms with van der Waals surface area (Å²) in [5, 5.41) is 5.76. The Morgan fingerprint density at radius 3 is 1.21 bits per heavy atom. The van der Waals surface area contributed by atoms with Crippen molar-refractivity contribution in [3.05, 3.63) is 144 Å². The second kappa shape index (κ2) is 18.4. The van der Waals surface area contributed by atoms with Crippen molar-refractivity contribution in [1.82, 2.24) is 20.4 Å². The van der Waals surface area contributed by atoms with Crippen LogP contribution in [0.1, 0.15) is 82.3 Å². The van der Waals surface area contributed by atoms with Crippen molar-refractivity contribution in [3.63, 3.8) is 0 Å². The minimum atomic E-state index is -0.457. The average molecular weight is 719 g/mol. The third kappa shape index (κ3) is 12.5. The third-order valence-electron chi connectivity index (χ3n) is 9.32. The molecule has 4 aromatic rings. The van der Waals surface area contributed by atoms with Crippen LogP contribution in [-0.4, -0.2) is 72.5 Å². The Morgan fingerprint density at radius 1 is 0.547 bits per heavy atom. The molecule has 8 nitrogen and oxygen atoms in total. The lowest BCUT2D eigenvalue weighted by atomic mass is 9.89. The summed E-state index contributed by atoms with van der Waals surface area (Å²) in [6.07, 6.45) is 0.315. The molecule has 2 N–H and O–H groups in total. The standard InChI is InChI=1S/C23H30N2O2.C22H28N2O2/c1-23(2,3)27-22(26)24-15-14-18-16-25(17-18)21(19-10-6-4-7-11-19)20-12-8-5-9-13-20;1-22(2,3)26-21(25)23-14-17-15-24(16-17)20(18-10-6-4-7-11-18)19-12-8-5-9-13-19/h4-13,18,21H,14-17H2,1-3H3,(H,24,26);4-13,17,20H,14-16H2,1-3H3,(H,23,25). The number of ether oxygens (including phenoxy) is 2. The molecule has 2 aliphatic rings. The van der Waals surface area contributed by atoms with Gasteiger partial charge in [0, 0.05) is 45.2 Å². The van der Waals surface area contributed by atoms with Crippen LogP contribution in [0.5, 0.6) is 0 Å². The summed E-state index contributed by atoms with van der Waals surface area (Å²) in [6.45, 7) is 16.6. The Bertz CT molecular complexity index is 1600. The van der Waals surface area contributed by atoms with Crippen LogP contribution in [0.25, 0.3) is 0 Å². The number of nitrogens with zero attached hydrogens (tertiary/aromatic N) is 2. The zero-order chi connectivity index (χ0) is 37.8. The molecule has 0 radical (unpaired) electrons. The van der Waals surface area contributed by atoms with Crippen LogP contribution >= 0.6 is 0 Å². The van der Waals surface area contributed by atoms with Gasteiger partial charge in [-0.1, -0.05) is 121 Å². The maximum Gasteiger partial charge on any atom is 0.407 e. The van der Waals surface area contributed by atoms with E-state index in [1.165, 1.54) is 22.3 Å². The van der Waals surface area contributed by atoms with Crippen LogP contribution < -0.4 is 10.6 Å². The van der Waals surface area contributed by atoms with E-state index < -0.39 is 11.2 Å². The summed E-state index contributed by atoms with van der Waals surface area (Å²) in [5.41, 5.74) is 4.36. The monoisotopic (exact) mass is 718 g/mol. The summed E-state index contributed by atoms with van der Waals surface area (Å²) >= 11 is 0. The number of nitrogens with one attached hydrogen (secondary N) is 2. The maximum absolute atomic E-state index is 11.8. The topological polar surface area (TPSA) is 83.1 Å². The Kier molecular flexibility index (Phi) is 13.7. The lowest BCUT2D eigenvalue weighted by Gasteiger charge is -2.45. The number of carbonyl (C=O) groups excluding carboxylic acids is 2. The molecule has 0 saturated carbocycles. The Balaban J connectivity index is 0.000000204. The van der Waals surface area contributed by atoms with E-state index in [0.29, 0.717) is 31.0 Å². The Labute approximate surface area is 316 Å². The molecule has 2 fully saturated rings. The molecule has 0 bridgehead atoms. The molecule has 4 aromatic carbocycles. The summed E-state index contributed by atoms with van der Waals surface area (Å²) in [4.78, 5) is 28.5. The predicted octanol–water partition coefficient (Wildman–Crippen LogP) is 8.86. The largest absolute Gasteiger partial charge is 0.444 e. The number of rotatable bonds is 11. The van der Waals surface area contributed by atoms with E-state index in [2.05, 4.69) is 142 Å². The van der Waals surface area contributed by atoms with Gasteiger partial charge in [0.25, 0.3) is 0 Å². The molecule has 53 heavy (non-hydrogen) atoms. The molecule has 0 spiro atoms. The van der Waals surface area contributed by atoms with Crippen molar-refractivity contribution >= 4 is 12.2 Å². The van der Waals surface area contributed by atoms with Crippen LogP contribution in [0, 0.1) is 11.8 Å². The van der Waals surface area contributed by atoms with Crippen LogP contribution in [0.4, 0.5) is 9.59 Å². The molecule has 282 valence electrons. The number of benzene rings is 4. The van der Waals surface area contributed by atoms with E-state index in [1.807, 2.05) is 41.5 Å². The fraction of sp³-hybridized carbons (Fsp3) is 0.422. The van der Waals surface area contributed by atoms with Crippen molar-refractivity contribution in [2.45, 2.75) is 71.2 Å². The first kappa shape index (κ1) is 39.5.